The third kappa shape index (κ3) is 6.05. The molecule has 1 aromatic heterocycles. The van der Waals surface area contributed by atoms with Crippen LogP contribution in [0.1, 0.15) is 51.5 Å². The minimum Gasteiger partial charge on any atom is -0.478 e. The van der Waals surface area contributed by atoms with Crippen LogP contribution in [0.25, 0.3) is 0 Å². The molecular formula is C28H30F3N3O2. The molecule has 190 valence electrons. The molecule has 0 fully saturated rings. The Morgan fingerprint density at radius 3 is 2.53 bits per heavy atom. The Kier molecular flexibility index (Phi) is 7.64. The zero-order chi connectivity index (χ0) is 25.9. The summed E-state index contributed by atoms with van der Waals surface area (Å²) in [6.45, 7) is 0.900. The highest BCUT2D eigenvalue weighted by atomic mass is 19.4. The summed E-state index contributed by atoms with van der Waals surface area (Å²) in [7, 11) is 4.05. The van der Waals surface area contributed by atoms with E-state index in [1.165, 1.54) is 17.3 Å². The number of hydrogen-bond acceptors (Lipinski definition) is 4. The van der Waals surface area contributed by atoms with Gasteiger partial charge < -0.3 is 10.0 Å². The smallest absolute Gasteiger partial charge is 0.389 e. The van der Waals surface area contributed by atoms with Gasteiger partial charge in [0.2, 0.25) is 0 Å². The fourth-order valence-electron chi connectivity index (χ4n) is 4.86. The van der Waals surface area contributed by atoms with E-state index in [0.717, 1.165) is 36.3 Å². The molecule has 5 nitrogen and oxygen atoms in total. The highest BCUT2D eigenvalue weighted by molar-refractivity contribution is 5.89. The van der Waals surface area contributed by atoms with Crippen LogP contribution >= 0.6 is 0 Å². The van der Waals surface area contributed by atoms with Crippen LogP contribution in [0, 0.1) is 0 Å². The molecule has 8 heteroatoms. The average Bonchev–Trinajstić information content (AvgIpc) is 2.86. The molecule has 1 aliphatic rings. The van der Waals surface area contributed by atoms with Gasteiger partial charge in [-0.1, -0.05) is 18.2 Å². The summed E-state index contributed by atoms with van der Waals surface area (Å²) in [6.07, 6.45) is 0.461. The number of hydrogen-bond donors (Lipinski definition) is 1. The number of benzene rings is 2. The molecule has 3 aromatic rings. The maximum atomic E-state index is 12.5. The number of pyridine rings is 1. The van der Waals surface area contributed by atoms with Gasteiger partial charge in [0.15, 0.2) is 0 Å². The van der Waals surface area contributed by atoms with E-state index in [1.54, 1.807) is 24.4 Å². The van der Waals surface area contributed by atoms with E-state index >= 15 is 0 Å². The molecule has 36 heavy (non-hydrogen) atoms. The first-order valence-corrected chi connectivity index (χ1v) is 12.0. The monoisotopic (exact) mass is 497 g/mol. The third-order valence-electron chi connectivity index (χ3n) is 6.98. The lowest BCUT2D eigenvalue weighted by Crippen LogP contribution is -2.32. The van der Waals surface area contributed by atoms with E-state index < -0.39 is 18.6 Å². The van der Waals surface area contributed by atoms with Crippen LogP contribution in [0.4, 0.5) is 24.5 Å². The molecule has 0 aliphatic carbocycles. The Morgan fingerprint density at radius 2 is 1.83 bits per heavy atom. The number of halogens is 3. The number of nitrogens with zero attached hydrogens (tertiary/aromatic N) is 3. The van der Waals surface area contributed by atoms with Crippen LogP contribution < -0.4 is 4.90 Å². The lowest BCUT2D eigenvalue weighted by atomic mass is 9.88. The number of fused-ring (bicyclic) bond motifs is 1. The van der Waals surface area contributed by atoms with Crippen LogP contribution in [-0.2, 0) is 19.3 Å². The molecule has 1 N–H and O–H groups in total. The van der Waals surface area contributed by atoms with Gasteiger partial charge in [-0.15, -0.1) is 0 Å². The number of aryl methyl sites for hydroxylation is 2. The van der Waals surface area contributed by atoms with Crippen LogP contribution in [0.5, 0.6) is 0 Å². The number of carboxylic acid groups (broad SMARTS) is 1. The zero-order valence-electron chi connectivity index (χ0n) is 20.4. The molecule has 4 rings (SSSR count). The van der Waals surface area contributed by atoms with Crippen molar-refractivity contribution in [2.45, 2.75) is 44.3 Å². The SMILES string of the molecule is CN(c1ccc(CCC(F)(F)F)cc1)c1ccc2c(c1)CCN(C)[C@@H]2CCc1cnccc1C(=O)O. The molecule has 0 spiro atoms. The van der Waals surface area contributed by atoms with Crippen LogP contribution in [0.2, 0.25) is 0 Å². The van der Waals surface area contributed by atoms with Gasteiger partial charge in [0.05, 0.1) is 5.56 Å². The number of alkyl halides is 3. The van der Waals surface area contributed by atoms with E-state index in [4.69, 9.17) is 0 Å². The minimum atomic E-state index is -4.15. The van der Waals surface area contributed by atoms with Gasteiger partial charge in [-0.05, 0) is 85.3 Å². The van der Waals surface area contributed by atoms with Crippen molar-refractivity contribution in [2.24, 2.45) is 0 Å². The largest absolute Gasteiger partial charge is 0.478 e. The van der Waals surface area contributed by atoms with Crippen molar-refractivity contribution in [3.63, 3.8) is 0 Å². The first-order valence-electron chi connectivity index (χ1n) is 12.0. The molecule has 2 aromatic carbocycles. The molecule has 0 radical (unpaired) electrons. The maximum absolute atomic E-state index is 12.5. The summed E-state index contributed by atoms with van der Waals surface area (Å²) < 4.78 is 37.5. The van der Waals surface area contributed by atoms with Crippen LogP contribution in [0.15, 0.2) is 60.9 Å². The molecule has 2 heterocycles. The molecule has 1 atom stereocenters. The van der Waals surface area contributed by atoms with Crippen molar-refractivity contribution in [2.75, 3.05) is 25.5 Å². The number of likely N-dealkylation sites (N-methyl/N-ethyl adjacent to an activating group) is 1. The predicted molar refractivity (Wildman–Crippen MR) is 134 cm³/mol. The van der Waals surface area contributed by atoms with E-state index in [-0.39, 0.29) is 12.5 Å². The number of aromatic nitrogens is 1. The number of rotatable bonds is 8. The summed E-state index contributed by atoms with van der Waals surface area (Å²) >= 11 is 0. The van der Waals surface area contributed by atoms with E-state index in [9.17, 15) is 23.1 Å². The third-order valence-corrected chi connectivity index (χ3v) is 6.98. The van der Waals surface area contributed by atoms with Gasteiger partial charge in [0.25, 0.3) is 0 Å². The second kappa shape index (κ2) is 10.7. The highest BCUT2D eigenvalue weighted by Crippen LogP contribution is 2.36. The quantitative estimate of drug-likeness (QED) is 0.401. The summed E-state index contributed by atoms with van der Waals surface area (Å²) in [5, 5.41) is 9.47. The Morgan fingerprint density at radius 1 is 1.11 bits per heavy atom. The van der Waals surface area contributed by atoms with Gasteiger partial charge in [-0.3, -0.25) is 9.88 Å². The van der Waals surface area contributed by atoms with Gasteiger partial charge in [0, 0.05) is 49.8 Å². The van der Waals surface area contributed by atoms with E-state index in [0.29, 0.717) is 17.5 Å². The van der Waals surface area contributed by atoms with Gasteiger partial charge >= 0.3 is 12.1 Å². The molecular weight excluding hydrogens is 467 g/mol. The number of aromatic carboxylic acids is 1. The standard InChI is InChI=1S/C28H30F3N3O2/c1-33-16-13-20-17-23(34(2)22-6-3-19(4-7-22)11-14-28(29,30)31)8-9-24(20)26(33)10-5-21-18-32-15-12-25(21)27(35)36/h3-4,6-9,12,15,17-18,26H,5,10-11,13-14,16H2,1-2H3,(H,35,36)/t26-/m1/s1. The lowest BCUT2D eigenvalue weighted by molar-refractivity contribution is -0.134. The lowest BCUT2D eigenvalue weighted by Gasteiger charge is -2.35. The summed E-state index contributed by atoms with van der Waals surface area (Å²) in [5.74, 6) is -0.939. The zero-order valence-corrected chi connectivity index (χ0v) is 20.4. The molecule has 0 amide bonds. The van der Waals surface area contributed by atoms with E-state index in [1.807, 2.05) is 24.1 Å². The molecule has 0 unspecified atom stereocenters. The topological polar surface area (TPSA) is 56.7 Å². The van der Waals surface area contributed by atoms with Crippen LogP contribution in [0.3, 0.4) is 0 Å². The summed E-state index contributed by atoms with van der Waals surface area (Å²) in [4.78, 5) is 20.0. The molecule has 0 saturated heterocycles. The van der Waals surface area contributed by atoms with Gasteiger partial charge in [-0.2, -0.15) is 13.2 Å². The van der Waals surface area contributed by atoms with Crippen molar-refractivity contribution in [1.82, 2.24) is 9.88 Å². The number of anilines is 2. The van der Waals surface area contributed by atoms with Crippen molar-refractivity contribution in [1.29, 1.82) is 0 Å². The normalized spacial score (nSPS) is 16.0. The summed E-state index contributed by atoms with van der Waals surface area (Å²) in [6, 6.07) is 15.3. The fraction of sp³-hybridized carbons (Fsp3) is 0.357. The van der Waals surface area contributed by atoms with Crippen molar-refractivity contribution < 1.29 is 23.1 Å². The Hall–Kier alpha value is -3.39. The van der Waals surface area contributed by atoms with E-state index in [2.05, 4.69) is 35.1 Å². The van der Waals surface area contributed by atoms with Crippen molar-refractivity contribution in [3.8, 4) is 0 Å². The van der Waals surface area contributed by atoms with Gasteiger partial charge in [0.1, 0.15) is 0 Å². The van der Waals surface area contributed by atoms with Gasteiger partial charge in [-0.25, -0.2) is 4.79 Å². The van der Waals surface area contributed by atoms with Crippen molar-refractivity contribution >= 4 is 17.3 Å². The average molecular weight is 498 g/mol. The predicted octanol–water partition coefficient (Wildman–Crippen LogP) is 6.20. The molecule has 0 bridgehead atoms. The second-order valence-corrected chi connectivity index (χ2v) is 9.35. The minimum absolute atomic E-state index is 0.0196. The maximum Gasteiger partial charge on any atom is 0.389 e. The fourth-order valence-corrected chi connectivity index (χ4v) is 4.86. The Balaban J connectivity index is 1.48. The van der Waals surface area contributed by atoms with Crippen molar-refractivity contribution in [3.05, 3.63) is 88.7 Å². The summed E-state index contributed by atoms with van der Waals surface area (Å²) in [5.41, 5.74) is 6.12. The van der Waals surface area contributed by atoms with Crippen LogP contribution in [-0.4, -0.2) is 47.8 Å². The Bertz CT molecular complexity index is 1210. The number of carboxylic acids is 1. The first-order chi connectivity index (χ1) is 17.1. The first kappa shape index (κ1) is 25.7. The highest BCUT2D eigenvalue weighted by Gasteiger charge is 2.27. The molecule has 1 aliphatic heterocycles. The second-order valence-electron chi connectivity index (χ2n) is 9.35. The Labute approximate surface area is 209 Å². The molecule has 0 saturated carbocycles. The number of carbonyl (C=O) groups is 1.